The Hall–Kier alpha value is -2.53. The summed E-state index contributed by atoms with van der Waals surface area (Å²) in [5.74, 6) is 0.687. The van der Waals surface area contributed by atoms with Crippen LogP contribution in [0.3, 0.4) is 0 Å². The standard InChI is InChI=1S/C19H19FN4/c20-16-5-1-4-15(11-16)19(6-7-19)13-24-17(18-22-9-10-23-18)14-3-2-8-21-12-14/h1-5,8-12,17,24H,6-7,13H2,(H,22,23). The zero-order valence-corrected chi connectivity index (χ0v) is 13.2. The van der Waals surface area contributed by atoms with Crippen molar-refractivity contribution in [2.24, 2.45) is 0 Å². The Balaban J connectivity index is 1.56. The highest BCUT2D eigenvalue weighted by Crippen LogP contribution is 2.48. The lowest BCUT2D eigenvalue weighted by molar-refractivity contribution is 0.513. The lowest BCUT2D eigenvalue weighted by atomic mass is 9.95. The Kier molecular flexibility index (Phi) is 3.86. The number of pyridine rings is 1. The Morgan fingerprint density at radius 1 is 1.21 bits per heavy atom. The molecule has 2 N–H and O–H groups in total. The molecule has 1 aliphatic rings. The summed E-state index contributed by atoms with van der Waals surface area (Å²) in [6.07, 6.45) is 9.32. The zero-order valence-electron chi connectivity index (χ0n) is 13.2. The highest BCUT2D eigenvalue weighted by Gasteiger charge is 2.44. The normalized spacial score (nSPS) is 16.7. The predicted octanol–water partition coefficient (Wildman–Crippen LogP) is 3.35. The number of hydrogen-bond acceptors (Lipinski definition) is 3. The molecule has 5 heteroatoms. The van der Waals surface area contributed by atoms with Gasteiger partial charge in [-0.05, 0) is 42.2 Å². The van der Waals surface area contributed by atoms with Gasteiger partial charge in [-0.25, -0.2) is 9.37 Å². The van der Waals surface area contributed by atoms with Crippen molar-refractivity contribution in [2.45, 2.75) is 24.3 Å². The van der Waals surface area contributed by atoms with Gasteiger partial charge in [0.05, 0.1) is 6.04 Å². The molecule has 122 valence electrons. The maximum Gasteiger partial charge on any atom is 0.127 e. The number of rotatable bonds is 6. The van der Waals surface area contributed by atoms with Gasteiger partial charge in [-0.3, -0.25) is 4.98 Å². The molecule has 4 rings (SSSR count). The van der Waals surface area contributed by atoms with Gasteiger partial charge in [-0.15, -0.1) is 0 Å². The average Bonchev–Trinajstić information content (AvgIpc) is 3.21. The average molecular weight is 322 g/mol. The molecule has 3 aromatic rings. The van der Waals surface area contributed by atoms with Crippen LogP contribution >= 0.6 is 0 Å². The monoisotopic (exact) mass is 322 g/mol. The van der Waals surface area contributed by atoms with Gasteiger partial charge in [-0.2, -0.15) is 0 Å². The second-order valence-electron chi connectivity index (χ2n) is 6.37. The van der Waals surface area contributed by atoms with Crippen molar-refractivity contribution in [1.82, 2.24) is 20.3 Å². The van der Waals surface area contributed by atoms with Crippen LogP contribution in [0, 0.1) is 5.82 Å². The van der Waals surface area contributed by atoms with Crippen molar-refractivity contribution in [3.8, 4) is 0 Å². The van der Waals surface area contributed by atoms with Gasteiger partial charge in [0.1, 0.15) is 11.6 Å². The minimum absolute atomic E-state index is 0.0230. The van der Waals surface area contributed by atoms with E-state index in [4.69, 9.17) is 0 Å². The summed E-state index contributed by atoms with van der Waals surface area (Å²) in [4.78, 5) is 11.8. The van der Waals surface area contributed by atoms with E-state index in [9.17, 15) is 4.39 Å². The summed E-state index contributed by atoms with van der Waals surface area (Å²) < 4.78 is 13.6. The summed E-state index contributed by atoms with van der Waals surface area (Å²) in [5, 5.41) is 3.60. The molecule has 2 aromatic heterocycles. The van der Waals surface area contributed by atoms with Crippen molar-refractivity contribution < 1.29 is 4.39 Å². The van der Waals surface area contributed by atoms with E-state index in [1.54, 1.807) is 24.5 Å². The summed E-state index contributed by atoms with van der Waals surface area (Å²) >= 11 is 0. The number of aromatic nitrogens is 3. The molecule has 1 saturated carbocycles. The van der Waals surface area contributed by atoms with Crippen LogP contribution in [0.5, 0.6) is 0 Å². The molecule has 0 radical (unpaired) electrons. The van der Waals surface area contributed by atoms with Gasteiger partial charge >= 0.3 is 0 Å². The van der Waals surface area contributed by atoms with Crippen LogP contribution < -0.4 is 5.32 Å². The number of H-pyrrole nitrogens is 1. The highest BCUT2D eigenvalue weighted by atomic mass is 19.1. The quantitative estimate of drug-likeness (QED) is 0.732. The maximum absolute atomic E-state index is 13.6. The molecular formula is C19H19FN4. The first-order valence-corrected chi connectivity index (χ1v) is 8.15. The number of nitrogens with zero attached hydrogens (tertiary/aromatic N) is 2. The molecule has 1 atom stereocenters. The largest absolute Gasteiger partial charge is 0.347 e. The number of benzene rings is 1. The fourth-order valence-corrected chi connectivity index (χ4v) is 3.19. The Morgan fingerprint density at radius 2 is 2.12 bits per heavy atom. The smallest absolute Gasteiger partial charge is 0.127 e. The number of imidazole rings is 1. The van der Waals surface area contributed by atoms with Crippen LogP contribution in [0.1, 0.15) is 35.8 Å². The third-order valence-electron chi connectivity index (χ3n) is 4.75. The molecule has 1 aliphatic carbocycles. The molecule has 24 heavy (non-hydrogen) atoms. The molecule has 0 spiro atoms. The Morgan fingerprint density at radius 3 is 2.79 bits per heavy atom. The summed E-state index contributed by atoms with van der Waals surface area (Å²) in [6, 6.07) is 10.9. The first kappa shape index (κ1) is 15.0. The molecule has 0 amide bonds. The second-order valence-corrected chi connectivity index (χ2v) is 6.37. The molecule has 0 bridgehead atoms. The first-order chi connectivity index (χ1) is 11.8. The minimum atomic E-state index is -0.173. The first-order valence-electron chi connectivity index (χ1n) is 8.15. The van der Waals surface area contributed by atoms with E-state index in [0.29, 0.717) is 0 Å². The van der Waals surface area contributed by atoms with Crippen molar-refractivity contribution in [3.63, 3.8) is 0 Å². The molecule has 1 fully saturated rings. The maximum atomic E-state index is 13.6. The Labute approximate surface area is 140 Å². The topological polar surface area (TPSA) is 53.6 Å². The van der Waals surface area contributed by atoms with Crippen LogP contribution in [0.4, 0.5) is 4.39 Å². The van der Waals surface area contributed by atoms with E-state index in [1.165, 1.54) is 6.07 Å². The third kappa shape index (κ3) is 2.95. The molecule has 4 nitrogen and oxygen atoms in total. The number of halogens is 1. The van der Waals surface area contributed by atoms with E-state index in [1.807, 2.05) is 30.6 Å². The summed E-state index contributed by atoms with van der Waals surface area (Å²) in [5.41, 5.74) is 2.15. The van der Waals surface area contributed by atoms with E-state index in [-0.39, 0.29) is 17.3 Å². The van der Waals surface area contributed by atoms with Gasteiger partial charge in [0.25, 0.3) is 0 Å². The highest BCUT2D eigenvalue weighted by molar-refractivity contribution is 5.33. The molecular weight excluding hydrogens is 303 g/mol. The van der Waals surface area contributed by atoms with Gasteiger partial charge < -0.3 is 10.3 Å². The third-order valence-corrected chi connectivity index (χ3v) is 4.75. The number of hydrogen-bond donors (Lipinski definition) is 2. The Bertz CT molecular complexity index is 797. The van der Waals surface area contributed by atoms with Crippen LogP contribution in [0.15, 0.2) is 61.2 Å². The van der Waals surface area contributed by atoms with E-state index >= 15 is 0 Å². The molecule has 1 aromatic carbocycles. The molecule has 2 heterocycles. The van der Waals surface area contributed by atoms with Crippen LogP contribution in [-0.2, 0) is 5.41 Å². The number of nitrogens with one attached hydrogen (secondary N) is 2. The minimum Gasteiger partial charge on any atom is -0.347 e. The number of aromatic amines is 1. The molecule has 1 unspecified atom stereocenters. The lowest BCUT2D eigenvalue weighted by Crippen LogP contribution is -2.32. The zero-order chi connectivity index (χ0) is 16.4. The van der Waals surface area contributed by atoms with Crippen LogP contribution in [0.2, 0.25) is 0 Å². The van der Waals surface area contributed by atoms with Crippen molar-refractivity contribution >= 4 is 0 Å². The van der Waals surface area contributed by atoms with Gasteiger partial charge in [0, 0.05) is 36.7 Å². The second kappa shape index (κ2) is 6.17. The van der Waals surface area contributed by atoms with E-state index in [2.05, 4.69) is 20.3 Å². The van der Waals surface area contributed by atoms with E-state index < -0.39 is 0 Å². The van der Waals surface area contributed by atoms with Crippen molar-refractivity contribution in [1.29, 1.82) is 0 Å². The van der Waals surface area contributed by atoms with E-state index in [0.717, 1.165) is 36.3 Å². The fraction of sp³-hybridized carbons (Fsp3) is 0.263. The van der Waals surface area contributed by atoms with Gasteiger partial charge in [0.15, 0.2) is 0 Å². The van der Waals surface area contributed by atoms with Crippen LogP contribution in [-0.4, -0.2) is 21.5 Å². The van der Waals surface area contributed by atoms with Crippen molar-refractivity contribution in [2.75, 3.05) is 6.54 Å². The molecule has 0 saturated heterocycles. The SMILES string of the molecule is Fc1cccc(C2(CNC(c3cccnc3)c3ncc[nH]3)CC2)c1. The lowest BCUT2D eigenvalue weighted by Gasteiger charge is -2.22. The van der Waals surface area contributed by atoms with Crippen molar-refractivity contribution in [3.05, 3.63) is 84.0 Å². The van der Waals surface area contributed by atoms with Gasteiger partial charge in [-0.1, -0.05) is 18.2 Å². The summed E-state index contributed by atoms with van der Waals surface area (Å²) in [7, 11) is 0. The molecule has 0 aliphatic heterocycles. The summed E-state index contributed by atoms with van der Waals surface area (Å²) in [6.45, 7) is 0.775. The van der Waals surface area contributed by atoms with Crippen LogP contribution in [0.25, 0.3) is 0 Å². The predicted molar refractivity (Wildman–Crippen MR) is 90.0 cm³/mol. The van der Waals surface area contributed by atoms with Gasteiger partial charge in [0.2, 0.25) is 0 Å². The fourth-order valence-electron chi connectivity index (χ4n) is 3.19.